The smallest absolute Gasteiger partial charge is 0.254 e. The molecule has 144 valence electrons. The van der Waals surface area contributed by atoms with Crippen molar-refractivity contribution in [1.82, 2.24) is 25.2 Å². The van der Waals surface area contributed by atoms with Crippen LogP contribution in [0, 0.1) is 6.92 Å². The van der Waals surface area contributed by atoms with Crippen molar-refractivity contribution in [3.8, 4) is 0 Å². The van der Waals surface area contributed by atoms with Crippen molar-refractivity contribution in [2.24, 2.45) is 0 Å². The van der Waals surface area contributed by atoms with E-state index >= 15 is 0 Å². The van der Waals surface area contributed by atoms with Gasteiger partial charge in [-0.1, -0.05) is 19.9 Å². The van der Waals surface area contributed by atoms with E-state index in [-0.39, 0.29) is 17.9 Å². The van der Waals surface area contributed by atoms with E-state index in [1.807, 2.05) is 39.1 Å². The molecule has 0 aliphatic carbocycles. The summed E-state index contributed by atoms with van der Waals surface area (Å²) < 4.78 is 5.47. The minimum absolute atomic E-state index is 0.0581. The molecule has 1 fully saturated rings. The van der Waals surface area contributed by atoms with E-state index in [4.69, 9.17) is 4.74 Å². The van der Waals surface area contributed by atoms with Crippen LogP contribution in [-0.4, -0.2) is 58.6 Å². The van der Waals surface area contributed by atoms with Crippen molar-refractivity contribution in [2.45, 2.75) is 32.7 Å². The van der Waals surface area contributed by atoms with Gasteiger partial charge in [0, 0.05) is 44.1 Å². The summed E-state index contributed by atoms with van der Waals surface area (Å²) >= 11 is 0. The fraction of sp³-hybridized carbons (Fsp3) is 0.500. The van der Waals surface area contributed by atoms with E-state index in [0.717, 1.165) is 24.5 Å². The second-order valence-corrected chi connectivity index (χ2v) is 7.04. The van der Waals surface area contributed by atoms with Gasteiger partial charge in [-0.3, -0.25) is 14.7 Å². The number of morpholine rings is 1. The molecule has 2 aromatic rings. The Morgan fingerprint density at radius 3 is 2.70 bits per heavy atom. The van der Waals surface area contributed by atoms with Crippen LogP contribution in [0.1, 0.15) is 53.2 Å². The Morgan fingerprint density at radius 1 is 1.30 bits per heavy atom. The number of ether oxygens (including phenoxy) is 1. The third kappa shape index (κ3) is 4.87. The minimum Gasteiger partial charge on any atom is -0.379 e. The Bertz CT molecular complexity index is 760. The van der Waals surface area contributed by atoms with E-state index in [9.17, 15) is 4.79 Å². The van der Waals surface area contributed by atoms with Crippen molar-refractivity contribution in [2.75, 3.05) is 32.8 Å². The highest BCUT2D eigenvalue weighted by atomic mass is 16.5. The Balaban J connectivity index is 1.72. The monoisotopic (exact) mass is 369 g/mol. The number of carbonyl (C=O) groups excluding carboxylic acids is 1. The molecule has 3 heterocycles. The van der Waals surface area contributed by atoms with Gasteiger partial charge in [0.1, 0.15) is 5.82 Å². The van der Waals surface area contributed by atoms with Gasteiger partial charge in [-0.25, -0.2) is 9.97 Å². The van der Waals surface area contributed by atoms with E-state index in [1.54, 1.807) is 12.4 Å². The second-order valence-electron chi connectivity index (χ2n) is 7.04. The van der Waals surface area contributed by atoms with Gasteiger partial charge in [-0.05, 0) is 18.6 Å². The summed E-state index contributed by atoms with van der Waals surface area (Å²) in [6, 6.07) is 4.03. The van der Waals surface area contributed by atoms with Crippen molar-refractivity contribution in [3.63, 3.8) is 0 Å². The lowest BCUT2D eigenvalue weighted by Crippen LogP contribution is -2.44. The molecule has 1 atom stereocenters. The number of nitrogens with one attached hydrogen (secondary N) is 1. The Labute approximate surface area is 160 Å². The molecular weight excluding hydrogens is 342 g/mol. The predicted octanol–water partition coefficient (Wildman–Crippen LogP) is 2.11. The third-order valence-electron chi connectivity index (χ3n) is 4.77. The molecule has 1 aliphatic heterocycles. The van der Waals surface area contributed by atoms with Crippen LogP contribution in [0.3, 0.4) is 0 Å². The number of aromatic nitrogens is 3. The van der Waals surface area contributed by atoms with Gasteiger partial charge in [0.15, 0.2) is 0 Å². The Morgan fingerprint density at radius 2 is 2.07 bits per heavy atom. The van der Waals surface area contributed by atoms with Gasteiger partial charge < -0.3 is 10.1 Å². The molecule has 27 heavy (non-hydrogen) atoms. The molecule has 0 bridgehead atoms. The first-order valence-electron chi connectivity index (χ1n) is 9.39. The Hall–Kier alpha value is -2.38. The molecule has 1 aliphatic rings. The van der Waals surface area contributed by atoms with Crippen molar-refractivity contribution in [3.05, 3.63) is 53.4 Å². The van der Waals surface area contributed by atoms with E-state index < -0.39 is 0 Å². The number of nitrogens with zero attached hydrogens (tertiary/aromatic N) is 4. The summed E-state index contributed by atoms with van der Waals surface area (Å²) in [6.45, 7) is 9.49. The van der Waals surface area contributed by atoms with Crippen molar-refractivity contribution in [1.29, 1.82) is 0 Å². The quantitative estimate of drug-likeness (QED) is 0.840. The first-order valence-corrected chi connectivity index (χ1v) is 9.39. The molecule has 3 rings (SSSR count). The normalized spacial score (nSPS) is 16.3. The van der Waals surface area contributed by atoms with Gasteiger partial charge in [0.25, 0.3) is 5.91 Å². The fourth-order valence-electron chi connectivity index (χ4n) is 3.19. The molecule has 1 amide bonds. The first kappa shape index (κ1) is 19.4. The number of pyridine rings is 1. The third-order valence-corrected chi connectivity index (χ3v) is 4.77. The first-order chi connectivity index (χ1) is 13.1. The van der Waals surface area contributed by atoms with Crippen LogP contribution in [0.4, 0.5) is 0 Å². The summed E-state index contributed by atoms with van der Waals surface area (Å²) in [5, 5.41) is 3.06. The van der Waals surface area contributed by atoms with Crippen LogP contribution in [0.2, 0.25) is 0 Å². The highest BCUT2D eigenvalue weighted by Gasteiger charge is 2.24. The molecule has 0 aromatic carbocycles. The van der Waals surface area contributed by atoms with Crippen LogP contribution in [0.5, 0.6) is 0 Å². The van der Waals surface area contributed by atoms with Gasteiger partial charge in [-0.2, -0.15) is 0 Å². The molecule has 1 N–H and O–H groups in total. The maximum atomic E-state index is 12.7. The Kier molecular flexibility index (Phi) is 6.47. The van der Waals surface area contributed by atoms with Crippen LogP contribution in [0.15, 0.2) is 30.7 Å². The fourth-order valence-corrected chi connectivity index (χ4v) is 3.19. The standard InChI is InChI=1S/C20H27N5O2/c1-14(2)19-22-12-17(15(3)24-19)20(26)23-13-18(16-5-4-6-21-11-16)25-7-9-27-10-8-25/h4-6,11-12,14,18H,7-10,13H2,1-3H3,(H,23,26)/t18-/m0/s1. The molecular formula is C20H27N5O2. The summed E-state index contributed by atoms with van der Waals surface area (Å²) in [4.78, 5) is 28.1. The topological polar surface area (TPSA) is 80.2 Å². The largest absolute Gasteiger partial charge is 0.379 e. The lowest BCUT2D eigenvalue weighted by molar-refractivity contribution is 0.0161. The number of rotatable bonds is 6. The molecule has 0 radical (unpaired) electrons. The summed E-state index contributed by atoms with van der Waals surface area (Å²) in [5.41, 5.74) is 2.31. The number of hydrogen-bond acceptors (Lipinski definition) is 6. The number of carbonyl (C=O) groups is 1. The average Bonchev–Trinajstić information content (AvgIpc) is 2.69. The number of aryl methyl sites for hydroxylation is 1. The van der Waals surface area contributed by atoms with Crippen molar-refractivity contribution < 1.29 is 9.53 Å². The van der Waals surface area contributed by atoms with Gasteiger partial charge in [0.05, 0.1) is 30.5 Å². The summed E-state index contributed by atoms with van der Waals surface area (Å²) in [5.74, 6) is 0.840. The number of amides is 1. The summed E-state index contributed by atoms with van der Waals surface area (Å²) in [7, 11) is 0. The minimum atomic E-state index is -0.148. The molecule has 0 spiro atoms. The zero-order valence-electron chi connectivity index (χ0n) is 16.2. The van der Waals surface area contributed by atoms with Gasteiger partial charge in [-0.15, -0.1) is 0 Å². The molecule has 7 nitrogen and oxygen atoms in total. The van der Waals surface area contributed by atoms with E-state index in [0.29, 0.717) is 31.0 Å². The predicted molar refractivity (Wildman–Crippen MR) is 103 cm³/mol. The number of hydrogen-bond donors (Lipinski definition) is 1. The summed E-state index contributed by atoms with van der Waals surface area (Å²) in [6.07, 6.45) is 5.24. The van der Waals surface area contributed by atoms with E-state index in [2.05, 4.69) is 25.2 Å². The maximum Gasteiger partial charge on any atom is 0.254 e. The molecule has 7 heteroatoms. The zero-order chi connectivity index (χ0) is 19.2. The highest BCUT2D eigenvalue weighted by Crippen LogP contribution is 2.20. The van der Waals surface area contributed by atoms with Crippen molar-refractivity contribution >= 4 is 5.91 Å². The molecule has 2 aromatic heterocycles. The SMILES string of the molecule is Cc1nc(C(C)C)ncc1C(=O)NC[C@@H](c1cccnc1)N1CCOCC1. The lowest BCUT2D eigenvalue weighted by Gasteiger charge is -2.34. The van der Waals surface area contributed by atoms with Gasteiger partial charge >= 0.3 is 0 Å². The zero-order valence-corrected chi connectivity index (χ0v) is 16.2. The molecule has 0 unspecified atom stereocenters. The molecule has 1 saturated heterocycles. The van der Waals surface area contributed by atoms with Crippen LogP contribution >= 0.6 is 0 Å². The van der Waals surface area contributed by atoms with Crippen LogP contribution in [0.25, 0.3) is 0 Å². The molecule has 0 saturated carbocycles. The maximum absolute atomic E-state index is 12.7. The second kappa shape index (κ2) is 9.01. The van der Waals surface area contributed by atoms with E-state index in [1.165, 1.54) is 0 Å². The average molecular weight is 369 g/mol. The van der Waals surface area contributed by atoms with Crippen LogP contribution < -0.4 is 5.32 Å². The van der Waals surface area contributed by atoms with Crippen LogP contribution in [-0.2, 0) is 4.74 Å². The lowest BCUT2D eigenvalue weighted by atomic mass is 10.1. The highest BCUT2D eigenvalue weighted by molar-refractivity contribution is 5.94. The van der Waals surface area contributed by atoms with Gasteiger partial charge in [0.2, 0.25) is 0 Å².